The Hall–Kier alpha value is -1.06. The zero-order valence-electron chi connectivity index (χ0n) is 11.8. The first-order valence-corrected chi connectivity index (χ1v) is 6.79. The van der Waals surface area contributed by atoms with Crippen LogP contribution < -0.4 is 0 Å². The van der Waals surface area contributed by atoms with Crippen molar-refractivity contribution in [1.82, 2.24) is 0 Å². The molecule has 0 fully saturated rings. The molecule has 0 heterocycles. The molecule has 18 heavy (non-hydrogen) atoms. The van der Waals surface area contributed by atoms with E-state index in [1.807, 2.05) is 0 Å². The van der Waals surface area contributed by atoms with Crippen molar-refractivity contribution in [2.75, 3.05) is 6.61 Å². The maximum absolute atomic E-state index is 11.1. The van der Waals surface area contributed by atoms with Crippen molar-refractivity contribution in [3.63, 3.8) is 0 Å². The molecule has 4 heteroatoms. The van der Waals surface area contributed by atoms with Crippen molar-refractivity contribution >= 4 is 11.9 Å². The molecule has 0 aliphatic heterocycles. The molecule has 1 unspecified atom stereocenters. The summed E-state index contributed by atoms with van der Waals surface area (Å²) in [6, 6.07) is 0. The van der Waals surface area contributed by atoms with Crippen LogP contribution in [0.1, 0.15) is 59.3 Å². The van der Waals surface area contributed by atoms with Gasteiger partial charge >= 0.3 is 11.9 Å². The summed E-state index contributed by atoms with van der Waals surface area (Å²) < 4.78 is 4.99. The third-order valence-corrected chi connectivity index (χ3v) is 2.90. The van der Waals surface area contributed by atoms with E-state index in [0.717, 1.165) is 18.8 Å². The summed E-state index contributed by atoms with van der Waals surface area (Å²) in [6.45, 7) is 7.00. The first-order valence-electron chi connectivity index (χ1n) is 6.79. The first kappa shape index (κ1) is 16.9. The van der Waals surface area contributed by atoms with Crippen LogP contribution in [0.15, 0.2) is 0 Å². The zero-order chi connectivity index (χ0) is 14.0. The summed E-state index contributed by atoms with van der Waals surface area (Å²) >= 11 is 0. The number of hydrogen-bond donors (Lipinski definition) is 1. The van der Waals surface area contributed by atoms with Crippen molar-refractivity contribution < 1.29 is 19.4 Å². The molecule has 106 valence electrons. The average Bonchev–Trinajstić information content (AvgIpc) is 2.25. The van der Waals surface area contributed by atoms with Crippen LogP contribution in [0.3, 0.4) is 0 Å². The lowest BCUT2D eigenvalue weighted by Crippen LogP contribution is -2.10. The van der Waals surface area contributed by atoms with Gasteiger partial charge in [-0.05, 0) is 18.3 Å². The highest BCUT2D eigenvalue weighted by Crippen LogP contribution is 2.15. The maximum atomic E-state index is 11.1. The van der Waals surface area contributed by atoms with E-state index in [2.05, 4.69) is 20.8 Å². The van der Waals surface area contributed by atoms with Gasteiger partial charge in [0.05, 0.1) is 19.4 Å². The molecule has 0 rings (SSSR count). The van der Waals surface area contributed by atoms with Crippen molar-refractivity contribution in [3.8, 4) is 0 Å². The highest BCUT2D eigenvalue weighted by atomic mass is 16.5. The van der Waals surface area contributed by atoms with Gasteiger partial charge in [-0.15, -0.1) is 0 Å². The smallest absolute Gasteiger partial charge is 0.306 e. The second-order valence-electron chi connectivity index (χ2n) is 5.33. The number of esters is 1. The van der Waals surface area contributed by atoms with E-state index < -0.39 is 11.9 Å². The Balaban J connectivity index is 3.46. The third kappa shape index (κ3) is 11.4. The number of aliphatic carboxylic acids is 1. The molecule has 4 nitrogen and oxygen atoms in total. The van der Waals surface area contributed by atoms with Crippen LogP contribution >= 0.6 is 0 Å². The van der Waals surface area contributed by atoms with Crippen molar-refractivity contribution in [2.24, 2.45) is 11.8 Å². The minimum atomic E-state index is -0.964. The third-order valence-electron chi connectivity index (χ3n) is 2.90. The molecule has 1 atom stereocenters. The number of carbonyl (C=O) groups is 2. The van der Waals surface area contributed by atoms with Crippen LogP contribution in [0, 0.1) is 11.8 Å². The van der Waals surface area contributed by atoms with Crippen molar-refractivity contribution in [1.29, 1.82) is 0 Å². The number of carbonyl (C=O) groups excluding carboxylic acids is 1. The molecule has 0 spiro atoms. The second-order valence-corrected chi connectivity index (χ2v) is 5.33. The predicted octanol–water partition coefficient (Wildman–Crippen LogP) is 3.25. The SMILES string of the molecule is CC(C)CCCC(C)CCOC(=O)CCC(=O)O. The van der Waals surface area contributed by atoms with Gasteiger partial charge in [0, 0.05) is 0 Å². The van der Waals surface area contributed by atoms with Gasteiger partial charge in [-0.1, -0.05) is 40.0 Å². The lowest BCUT2D eigenvalue weighted by molar-refractivity contribution is -0.148. The van der Waals surface area contributed by atoms with E-state index in [1.54, 1.807) is 0 Å². The van der Waals surface area contributed by atoms with E-state index in [4.69, 9.17) is 9.84 Å². The van der Waals surface area contributed by atoms with Gasteiger partial charge in [0.2, 0.25) is 0 Å². The number of carboxylic acids is 1. The number of carboxylic acid groups (broad SMARTS) is 1. The van der Waals surface area contributed by atoms with Crippen LogP contribution in [-0.4, -0.2) is 23.7 Å². The minimum absolute atomic E-state index is 0.0307. The summed E-state index contributed by atoms with van der Waals surface area (Å²) in [5.74, 6) is -0.0807. The van der Waals surface area contributed by atoms with Gasteiger partial charge in [-0.25, -0.2) is 0 Å². The first-order chi connectivity index (χ1) is 8.41. The summed E-state index contributed by atoms with van der Waals surface area (Å²) in [7, 11) is 0. The van der Waals surface area contributed by atoms with Gasteiger partial charge in [0.15, 0.2) is 0 Å². The minimum Gasteiger partial charge on any atom is -0.481 e. The Morgan fingerprint density at radius 2 is 1.72 bits per heavy atom. The standard InChI is InChI=1S/C14H26O4/c1-11(2)5-4-6-12(3)9-10-18-14(17)8-7-13(15)16/h11-12H,4-10H2,1-3H3,(H,15,16). The Kier molecular flexibility index (Phi) is 9.33. The van der Waals surface area contributed by atoms with Crippen LogP contribution in [0.25, 0.3) is 0 Å². The normalized spacial score (nSPS) is 12.4. The predicted molar refractivity (Wildman–Crippen MR) is 70.3 cm³/mol. The van der Waals surface area contributed by atoms with Crippen molar-refractivity contribution in [3.05, 3.63) is 0 Å². The molecular formula is C14H26O4. The fourth-order valence-electron chi connectivity index (χ4n) is 1.67. The van der Waals surface area contributed by atoms with Crippen LogP contribution in [0.4, 0.5) is 0 Å². The fourth-order valence-corrected chi connectivity index (χ4v) is 1.67. The zero-order valence-corrected chi connectivity index (χ0v) is 11.8. The van der Waals surface area contributed by atoms with Crippen LogP contribution in [0.2, 0.25) is 0 Å². The quantitative estimate of drug-likeness (QED) is 0.611. The summed E-state index contributed by atoms with van der Waals surface area (Å²) in [4.78, 5) is 21.4. The summed E-state index contributed by atoms with van der Waals surface area (Å²) in [5, 5.41) is 8.41. The highest BCUT2D eigenvalue weighted by Gasteiger charge is 2.08. The van der Waals surface area contributed by atoms with E-state index in [-0.39, 0.29) is 12.8 Å². The fraction of sp³-hybridized carbons (Fsp3) is 0.857. The maximum Gasteiger partial charge on any atom is 0.306 e. The Morgan fingerprint density at radius 3 is 2.28 bits per heavy atom. The molecule has 0 bridgehead atoms. The lowest BCUT2D eigenvalue weighted by Gasteiger charge is -2.12. The Bertz CT molecular complexity index is 248. The molecule has 0 saturated heterocycles. The molecule has 0 aromatic carbocycles. The molecule has 1 N–H and O–H groups in total. The van der Waals surface area contributed by atoms with Gasteiger partial charge in [-0.3, -0.25) is 9.59 Å². The van der Waals surface area contributed by atoms with Crippen LogP contribution in [0.5, 0.6) is 0 Å². The second kappa shape index (κ2) is 9.92. The molecule has 0 aliphatic rings. The highest BCUT2D eigenvalue weighted by molar-refractivity contribution is 5.76. The number of ether oxygens (including phenoxy) is 1. The summed E-state index contributed by atoms with van der Waals surface area (Å²) in [6.07, 6.45) is 4.29. The average molecular weight is 258 g/mol. The number of rotatable bonds is 10. The molecule has 0 aromatic heterocycles. The van der Waals surface area contributed by atoms with Gasteiger partial charge in [0.25, 0.3) is 0 Å². The van der Waals surface area contributed by atoms with Gasteiger partial charge in [-0.2, -0.15) is 0 Å². The summed E-state index contributed by atoms with van der Waals surface area (Å²) in [5.41, 5.74) is 0. The Labute approximate surface area is 110 Å². The van der Waals surface area contributed by atoms with E-state index in [9.17, 15) is 9.59 Å². The van der Waals surface area contributed by atoms with Crippen LogP contribution in [-0.2, 0) is 14.3 Å². The molecule has 0 aliphatic carbocycles. The number of hydrogen-bond acceptors (Lipinski definition) is 3. The van der Waals surface area contributed by atoms with E-state index >= 15 is 0 Å². The Morgan fingerprint density at radius 1 is 1.06 bits per heavy atom. The molecule has 0 radical (unpaired) electrons. The monoisotopic (exact) mass is 258 g/mol. The topological polar surface area (TPSA) is 63.6 Å². The lowest BCUT2D eigenvalue weighted by atomic mass is 9.98. The van der Waals surface area contributed by atoms with Crippen molar-refractivity contribution in [2.45, 2.75) is 59.3 Å². The molecular weight excluding hydrogens is 232 g/mol. The molecule has 0 saturated carbocycles. The van der Waals surface area contributed by atoms with Gasteiger partial charge < -0.3 is 9.84 Å². The van der Waals surface area contributed by atoms with E-state index in [0.29, 0.717) is 12.5 Å². The molecule has 0 amide bonds. The van der Waals surface area contributed by atoms with Gasteiger partial charge in [0.1, 0.15) is 0 Å². The largest absolute Gasteiger partial charge is 0.481 e. The van der Waals surface area contributed by atoms with E-state index in [1.165, 1.54) is 12.8 Å². The molecule has 0 aromatic rings.